The Hall–Kier alpha value is -3.57. The van der Waals surface area contributed by atoms with E-state index in [0.717, 1.165) is 16.3 Å². The first-order valence-electron chi connectivity index (χ1n) is 8.92. The van der Waals surface area contributed by atoms with Crippen molar-refractivity contribution < 1.29 is 9.53 Å². The molecule has 1 heterocycles. The van der Waals surface area contributed by atoms with Crippen LogP contribution >= 0.6 is 11.6 Å². The van der Waals surface area contributed by atoms with Crippen LogP contribution in [0.5, 0.6) is 5.75 Å². The maximum Gasteiger partial charge on any atom is 0.261 e. The third-order valence-corrected chi connectivity index (χ3v) is 4.86. The smallest absolute Gasteiger partial charge is 0.261 e. The summed E-state index contributed by atoms with van der Waals surface area (Å²) in [5.41, 5.74) is 1.41. The molecule has 0 aliphatic carbocycles. The lowest BCUT2D eigenvalue weighted by atomic mass is 10.0. The number of nitrogens with one attached hydrogen (secondary N) is 2. The van der Waals surface area contributed by atoms with Crippen molar-refractivity contribution in [3.63, 3.8) is 0 Å². The Morgan fingerprint density at radius 1 is 0.966 bits per heavy atom. The lowest BCUT2D eigenvalue weighted by Gasteiger charge is -2.11. The van der Waals surface area contributed by atoms with E-state index in [-0.39, 0.29) is 5.56 Å². The number of H-pyrrole nitrogens is 1. The second-order valence-electron chi connectivity index (χ2n) is 6.48. The maximum atomic E-state index is 12.6. The van der Waals surface area contributed by atoms with Gasteiger partial charge in [0.2, 0.25) is 0 Å². The fourth-order valence-electron chi connectivity index (χ4n) is 3.15. The van der Waals surface area contributed by atoms with Crippen molar-refractivity contribution >= 4 is 34.0 Å². The molecule has 0 spiro atoms. The molecule has 0 aliphatic rings. The Kier molecular flexibility index (Phi) is 5.06. The topological polar surface area (TPSA) is 71.2 Å². The molecule has 0 atom stereocenters. The van der Waals surface area contributed by atoms with Gasteiger partial charge in [-0.2, -0.15) is 0 Å². The maximum absolute atomic E-state index is 12.6. The van der Waals surface area contributed by atoms with Crippen LogP contribution in [0, 0.1) is 0 Å². The Labute approximate surface area is 171 Å². The van der Waals surface area contributed by atoms with Gasteiger partial charge < -0.3 is 15.0 Å². The van der Waals surface area contributed by atoms with Crippen molar-refractivity contribution in [3.8, 4) is 17.0 Å². The molecule has 6 heteroatoms. The summed E-state index contributed by atoms with van der Waals surface area (Å²) in [6.07, 6.45) is 0. The first kappa shape index (κ1) is 18.8. The van der Waals surface area contributed by atoms with E-state index in [2.05, 4.69) is 10.3 Å². The number of hydrogen-bond donors (Lipinski definition) is 2. The van der Waals surface area contributed by atoms with Crippen LogP contribution in [0.2, 0.25) is 5.02 Å². The fraction of sp³-hybridized carbons (Fsp3) is 0.0435. The monoisotopic (exact) mass is 404 g/mol. The van der Waals surface area contributed by atoms with E-state index in [9.17, 15) is 9.59 Å². The number of ether oxygens (including phenoxy) is 1. The van der Waals surface area contributed by atoms with Gasteiger partial charge in [-0.05, 0) is 52.7 Å². The molecule has 144 valence electrons. The minimum atomic E-state index is -0.545. The molecule has 1 amide bonds. The van der Waals surface area contributed by atoms with E-state index in [0.29, 0.717) is 22.2 Å². The normalized spacial score (nSPS) is 10.7. The summed E-state index contributed by atoms with van der Waals surface area (Å²) >= 11 is 5.99. The number of carbonyl (C=O) groups is 1. The molecule has 0 unspecified atom stereocenters. The van der Waals surface area contributed by atoms with Gasteiger partial charge in [-0.15, -0.1) is 0 Å². The number of hydrogen-bond acceptors (Lipinski definition) is 3. The first-order chi connectivity index (χ1) is 14.0. The molecule has 3 aromatic carbocycles. The number of fused-ring (bicyclic) bond motifs is 1. The quantitative estimate of drug-likeness (QED) is 0.496. The van der Waals surface area contributed by atoms with E-state index in [1.165, 1.54) is 13.2 Å². The van der Waals surface area contributed by atoms with Crippen LogP contribution in [0.3, 0.4) is 0 Å². The second kappa shape index (κ2) is 7.81. The summed E-state index contributed by atoms with van der Waals surface area (Å²) in [7, 11) is 1.49. The minimum absolute atomic E-state index is 0.00318. The average Bonchev–Trinajstić information content (AvgIpc) is 2.73. The third-order valence-electron chi connectivity index (χ3n) is 4.62. The molecule has 0 radical (unpaired) electrons. The van der Waals surface area contributed by atoms with Gasteiger partial charge in [0.05, 0.1) is 12.8 Å². The number of anilines is 1. The van der Waals surface area contributed by atoms with Gasteiger partial charge in [0.15, 0.2) is 0 Å². The second-order valence-corrected chi connectivity index (χ2v) is 6.91. The van der Waals surface area contributed by atoms with Crippen molar-refractivity contribution in [1.82, 2.24) is 4.98 Å². The SMILES string of the molecule is COc1ccc(Cl)cc1NC(=O)c1ccc(-c2ccc3ccccc3c2)[nH]c1=O. The Morgan fingerprint density at radius 3 is 2.52 bits per heavy atom. The van der Waals surface area contributed by atoms with Crippen molar-refractivity contribution in [1.29, 1.82) is 0 Å². The van der Waals surface area contributed by atoms with Crippen LogP contribution in [-0.2, 0) is 0 Å². The van der Waals surface area contributed by atoms with Crippen LogP contribution in [-0.4, -0.2) is 18.0 Å². The molecular formula is C23H17ClN2O3. The average molecular weight is 405 g/mol. The summed E-state index contributed by atoms with van der Waals surface area (Å²) in [6.45, 7) is 0. The van der Waals surface area contributed by atoms with Gasteiger partial charge in [0.25, 0.3) is 11.5 Å². The van der Waals surface area contributed by atoms with Crippen LogP contribution in [0.1, 0.15) is 10.4 Å². The lowest BCUT2D eigenvalue weighted by molar-refractivity contribution is 0.102. The Morgan fingerprint density at radius 2 is 1.76 bits per heavy atom. The molecule has 0 saturated carbocycles. The van der Waals surface area contributed by atoms with Gasteiger partial charge in [-0.3, -0.25) is 9.59 Å². The summed E-state index contributed by atoms with van der Waals surface area (Å²) in [6, 6.07) is 22.0. The van der Waals surface area contributed by atoms with E-state index in [1.54, 1.807) is 24.3 Å². The summed E-state index contributed by atoms with van der Waals surface area (Å²) in [4.78, 5) is 28.0. The highest BCUT2D eigenvalue weighted by atomic mass is 35.5. The molecular weight excluding hydrogens is 388 g/mol. The summed E-state index contributed by atoms with van der Waals surface area (Å²) in [5, 5.41) is 5.31. The highest BCUT2D eigenvalue weighted by molar-refractivity contribution is 6.31. The van der Waals surface area contributed by atoms with Gasteiger partial charge in [0.1, 0.15) is 11.3 Å². The number of amides is 1. The largest absolute Gasteiger partial charge is 0.495 e. The molecule has 29 heavy (non-hydrogen) atoms. The number of halogens is 1. The van der Waals surface area contributed by atoms with Crippen LogP contribution in [0.4, 0.5) is 5.69 Å². The van der Waals surface area contributed by atoms with E-state index in [4.69, 9.17) is 16.3 Å². The minimum Gasteiger partial charge on any atom is -0.495 e. The molecule has 4 rings (SSSR count). The highest BCUT2D eigenvalue weighted by Gasteiger charge is 2.14. The number of rotatable bonds is 4. The van der Waals surface area contributed by atoms with E-state index < -0.39 is 11.5 Å². The van der Waals surface area contributed by atoms with Gasteiger partial charge in [-0.25, -0.2) is 0 Å². The van der Waals surface area contributed by atoms with Crippen LogP contribution in [0.25, 0.3) is 22.0 Å². The van der Waals surface area contributed by atoms with Crippen molar-refractivity contribution in [2.24, 2.45) is 0 Å². The van der Waals surface area contributed by atoms with Crippen molar-refractivity contribution in [2.75, 3.05) is 12.4 Å². The zero-order chi connectivity index (χ0) is 20.4. The van der Waals surface area contributed by atoms with Crippen molar-refractivity contribution in [2.45, 2.75) is 0 Å². The van der Waals surface area contributed by atoms with Crippen LogP contribution < -0.4 is 15.6 Å². The van der Waals surface area contributed by atoms with Gasteiger partial charge >= 0.3 is 0 Å². The Bertz CT molecular complexity index is 1280. The van der Waals surface area contributed by atoms with Gasteiger partial charge in [0, 0.05) is 10.7 Å². The number of benzene rings is 3. The predicted octanol–water partition coefficient (Wildman–Crippen LogP) is 5.11. The van der Waals surface area contributed by atoms with Crippen molar-refractivity contribution in [3.05, 3.63) is 93.7 Å². The number of pyridine rings is 1. The summed E-state index contributed by atoms with van der Waals surface area (Å²) < 4.78 is 5.22. The zero-order valence-electron chi connectivity index (χ0n) is 15.5. The number of carbonyl (C=O) groups excluding carboxylic acids is 1. The zero-order valence-corrected chi connectivity index (χ0v) is 16.3. The van der Waals surface area contributed by atoms with E-state index >= 15 is 0 Å². The lowest BCUT2D eigenvalue weighted by Crippen LogP contribution is -2.23. The third kappa shape index (κ3) is 3.86. The van der Waals surface area contributed by atoms with Gasteiger partial charge in [-0.1, -0.05) is 48.0 Å². The fourth-order valence-corrected chi connectivity index (χ4v) is 3.32. The first-order valence-corrected chi connectivity index (χ1v) is 9.30. The molecule has 0 fully saturated rings. The van der Waals surface area contributed by atoms with E-state index in [1.807, 2.05) is 42.5 Å². The molecule has 4 aromatic rings. The molecule has 1 aromatic heterocycles. The molecule has 0 bridgehead atoms. The molecule has 5 nitrogen and oxygen atoms in total. The number of aromatic nitrogens is 1. The molecule has 0 saturated heterocycles. The standard InChI is InChI=1S/C23H17ClN2O3/c1-29-21-11-8-17(24)13-20(21)26-23(28)18-9-10-19(25-22(18)27)16-7-6-14-4-2-3-5-15(14)12-16/h2-13H,1H3,(H,25,27)(H,26,28). The molecule has 2 N–H and O–H groups in total. The molecule has 0 aliphatic heterocycles. The number of aromatic amines is 1. The predicted molar refractivity (Wildman–Crippen MR) is 116 cm³/mol. The number of methoxy groups -OCH3 is 1. The highest BCUT2D eigenvalue weighted by Crippen LogP contribution is 2.28. The van der Waals surface area contributed by atoms with Crippen LogP contribution in [0.15, 0.2) is 77.6 Å². The Balaban J connectivity index is 1.64. The summed E-state index contributed by atoms with van der Waals surface area (Å²) in [5.74, 6) is -0.0937.